The molecule has 0 saturated heterocycles. The standard InChI is InChI=1S/C58H41NSSi/c1-5-18-45(19-6-1)52-29-16-30-53-54-31-17-33-56(58(54)60-57(52)53)59(55-32-15-21-44-20-13-14-28-51(44)55)46-38-34-42(35-39-46)43-36-40-50(41-37-43)61(47-22-7-2-8-23-47,48-24-9-3-10-25-48)49-26-11-4-12-27-49/h1-41H. The predicted molar refractivity (Wildman–Crippen MR) is 266 cm³/mol. The second-order valence-corrected chi connectivity index (χ2v) is 20.4. The Morgan fingerprint density at radius 2 is 0.738 bits per heavy atom. The van der Waals surface area contributed by atoms with Gasteiger partial charge < -0.3 is 4.90 Å². The molecule has 1 nitrogen and oxygen atoms in total. The van der Waals surface area contributed by atoms with E-state index in [0.717, 1.165) is 11.4 Å². The Labute approximate surface area is 362 Å². The molecule has 10 aromatic carbocycles. The van der Waals surface area contributed by atoms with E-state index in [4.69, 9.17) is 0 Å². The van der Waals surface area contributed by atoms with Crippen molar-refractivity contribution in [2.24, 2.45) is 0 Å². The van der Waals surface area contributed by atoms with Crippen molar-refractivity contribution in [3.05, 3.63) is 249 Å². The maximum Gasteiger partial charge on any atom is 0.179 e. The smallest absolute Gasteiger partial charge is 0.179 e. The van der Waals surface area contributed by atoms with Crippen molar-refractivity contribution in [1.82, 2.24) is 0 Å². The zero-order chi connectivity index (χ0) is 40.6. The summed E-state index contributed by atoms with van der Waals surface area (Å²) in [6.45, 7) is 0. The first kappa shape index (κ1) is 36.8. The number of thiophene rings is 1. The van der Waals surface area contributed by atoms with Gasteiger partial charge in [-0.15, -0.1) is 11.3 Å². The molecule has 0 aliphatic carbocycles. The Hall–Kier alpha value is -7.30. The number of benzene rings is 10. The van der Waals surface area contributed by atoms with Gasteiger partial charge in [-0.2, -0.15) is 0 Å². The van der Waals surface area contributed by atoms with E-state index in [0.29, 0.717) is 0 Å². The lowest BCUT2D eigenvalue weighted by Crippen LogP contribution is -2.74. The van der Waals surface area contributed by atoms with Crippen LogP contribution in [0.2, 0.25) is 0 Å². The highest BCUT2D eigenvalue weighted by Crippen LogP contribution is 2.48. The number of fused-ring (bicyclic) bond motifs is 4. The molecule has 0 radical (unpaired) electrons. The Bertz CT molecular complexity index is 3170. The minimum atomic E-state index is -2.61. The van der Waals surface area contributed by atoms with Crippen LogP contribution in [0.5, 0.6) is 0 Å². The molecule has 0 unspecified atom stereocenters. The maximum absolute atomic E-state index is 2.61. The summed E-state index contributed by atoms with van der Waals surface area (Å²) in [6.07, 6.45) is 0. The maximum atomic E-state index is 2.47. The van der Waals surface area contributed by atoms with Crippen LogP contribution in [0.4, 0.5) is 17.1 Å². The first-order chi connectivity index (χ1) is 30.3. The van der Waals surface area contributed by atoms with E-state index in [1.807, 2.05) is 11.3 Å². The summed E-state index contributed by atoms with van der Waals surface area (Å²) in [5.74, 6) is 0. The summed E-state index contributed by atoms with van der Waals surface area (Å²) < 4.78 is 2.59. The second kappa shape index (κ2) is 15.7. The van der Waals surface area contributed by atoms with E-state index < -0.39 is 8.07 Å². The van der Waals surface area contributed by atoms with Crippen molar-refractivity contribution >= 4 is 88.2 Å². The molecule has 0 spiro atoms. The van der Waals surface area contributed by atoms with Gasteiger partial charge in [0.1, 0.15) is 0 Å². The largest absolute Gasteiger partial charge is 0.308 e. The molecule has 288 valence electrons. The van der Waals surface area contributed by atoms with Gasteiger partial charge in [0.05, 0.1) is 16.1 Å². The molecule has 0 bridgehead atoms. The fourth-order valence-electron chi connectivity index (χ4n) is 9.42. The minimum absolute atomic E-state index is 1.12. The Balaban J connectivity index is 1.04. The number of hydrogen-bond donors (Lipinski definition) is 0. The van der Waals surface area contributed by atoms with Crippen LogP contribution < -0.4 is 25.6 Å². The third-order valence-electron chi connectivity index (χ3n) is 12.2. The van der Waals surface area contributed by atoms with Gasteiger partial charge in [-0.3, -0.25) is 0 Å². The summed E-state index contributed by atoms with van der Waals surface area (Å²) in [5, 5.41) is 10.5. The number of rotatable bonds is 9. The van der Waals surface area contributed by atoms with Gasteiger partial charge in [0.2, 0.25) is 0 Å². The van der Waals surface area contributed by atoms with Crippen LogP contribution in [0.1, 0.15) is 0 Å². The van der Waals surface area contributed by atoms with Crippen molar-refractivity contribution in [2.75, 3.05) is 4.90 Å². The molecular weight excluding hydrogens is 771 g/mol. The topological polar surface area (TPSA) is 3.24 Å². The quantitative estimate of drug-likeness (QED) is 0.104. The highest BCUT2D eigenvalue weighted by atomic mass is 32.1. The molecule has 0 amide bonds. The molecule has 0 N–H and O–H groups in total. The first-order valence-corrected chi connectivity index (χ1v) is 23.7. The highest BCUT2D eigenvalue weighted by molar-refractivity contribution is 7.27. The molecule has 0 aliphatic rings. The Morgan fingerprint density at radius 1 is 0.295 bits per heavy atom. The van der Waals surface area contributed by atoms with Gasteiger partial charge >= 0.3 is 0 Å². The van der Waals surface area contributed by atoms with Crippen LogP contribution in [0.25, 0.3) is 53.2 Å². The molecule has 61 heavy (non-hydrogen) atoms. The molecule has 0 atom stereocenters. The van der Waals surface area contributed by atoms with Crippen LogP contribution in [-0.4, -0.2) is 8.07 Å². The molecule has 0 fully saturated rings. The van der Waals surface area contributed by atoms with E-state index in [2.05, 4.69) is 254 Å². The Kier molecular flexibility index (Phi) is 9.46. The van der Waals surface area contributed by atoms with Crippen molar-refractivity contribution in [2.45, 2.75) is 0 Å². The SMILES string of the molecule is c1ccc(-c2cccc3c2sc2c(N(c4ccc(-c5ccc([Si](c6ccccc6)(c6ccccc6)c6ccccc6)cc5)cc4)c4cccc5ccccc45)cccc23)cc1. The van der Waals surface area contributed by atoms with Crippen molar-refractivity contribution in [3.8, 4) is 22.3 Å². The van der Waals surface area contributed by atoms with E-state index >= 15 is 0 Å². The molecule has 0 saturated carbocycles. The molecule has 1 aromatic heterocycles. The second-order valence-electron chi connectivity index (χ2n) is 15.6. The summed E-state index contributed by atoms with van der Waals surface area (Å²) in [4.78, 5) is 2.47. The molecule has 3 heteroatoms. The zero-order valence-electron chi connectivity index (χ0n) is 33.5. The lowest BCUT2D eigenvalue weighted by molar-refractivity contribution is 1.32. The van der Waals surface area contributed by atoms with Crippen LogP contribution in [0.3, 0.4) is 0 Å². The summed E-state index contributed by atoms with van der Waals surface area (Å²) in [7, 11) is -2.61. The number of hydrogen-bond acceptors (Lipinski definition) is 2. The van der Waals surface area contributed by atoms with Gasteiger partial charge in [0, 0.05) is 26.5 Å². The van der Waals surface area contributed by atoms with Crippen molar-refractivity contribution in [1.29, 1.82) is 0 Å². The summed E-state index contributed by atoms with van der Waals surface area (Å²) in [6, 6.07) is 91.7. The van der Waals surface area contributed by atoms with Gasteiger partial charge in [-0.1, -0.05) is 224 Å². The van der Waals surface area contributed by atoms with Gasteiger partial charge in [0.15, 0.2) is 8.07 Å². The first-order valence-electron chi connectivity index (χ1n) is 20.9. The van der Waals surface area contributed by atoms with Gasteiger partial charge in [-0.25, -0.2) is 0 Å². The molecular formula is C58H41NSSi. The lowest BCUT2D eigenvalue weighted by atomic mass is 10.0. The number of anilines is 3. The number of nitrogens with zero attached hydrogens (tertiary/aromatic N) is 1. The predicted octanol–water partition coefficient (Wildman–Crippen LogP) is 13.4. The van der Waals surface area contributed by atoms with Crippen LogP contribution in [-0.2, 0) is 0 Å². The average Bonchev–Trinajstić information content (AvgIpc) is 3.74. The third kappa shape index (κ3) is 6.38. The van der Waals surface area contributed by atoms with Crippen LogP contribution in [0.15, 0.2) is 249 Å². The van der Waals surface area contributed by atoms with Gasteiger partial charge in [0.25, 0.3) is 0 Å². The average molecular weight is 812 g/mol. The van der Waals surface area contributed by atoms with E-state index in [1.165, 1.54) is 79.6 Å². The molecule has 1 heterocycles. The fraction of sp³-hybridized carbons (Fsp3) is 0. The zero-order valence-corrected chi connectivity index (χ0v) is 35.3. The van der Waals surface area contributed by atoms with Crippen molar-refractivity contribution in [3.63, 3.8) is 0 Å². The summed E-state index contributed by atoms with van der Waals surface area (Å²) >= 11 is 1.89. The molecule has 0 aliphatic heterocycles. The molecule has 11 rings (SSSR count). The third-order valence-corrected chi connectivity index (χ3v) is 18.3. The van der Waals surface area contributed by atoms with Crippen molar-refractivity contribution < 1.29 is 0 Å². The normalized spacial score (nSPS) is 11.6. The van der Waals surface area contributed by atoms with Crippen LogP contribution >= 0.6 is 11.3 Å². The van der Waals surface area contributed by atoms with E-state index in [1.54, 1.807) is 0 Å². The molecule has 11 aromatic rings. The van der Waals surface area contributed by atoms with E-state index in [9.17, 15) is 0 Å². The van der Waals surface area contributed by atoms with Crippen LogP contribution in [0, 0.1) is 0 Å². The minimum Gasteiger partial charge on any atom is -0.308 e. The van der Waals surface area contributed by atoms with Gasteiger partial charge in [-0.05, 0) is 72.7 Å². The Morgan fingerprint density at radius 3 is 1.36 bits per heavy atom. The summed E-state index contributed by atoms with van der Waals surface area (Å²) in [5.41, 5.74) is 8.35. The fourth-order valence-corrected chi connectivity index (χ4v) is 15.5. The van der Waals surface area contributed by atoms with E-state index in [-0.39, 0.29) is 0 Å². The lowest BCUT2D eigenvalue weighted by Gasteiger charge is -2.34. The highest BCUT2D eigenvalue weighted by Gasteiger charge is 2.41. The monoisotopic (exact) mass is 811 g/mol.